The number of nitrogens with two attached hydrogens (primary N) is 1. The lowest BCUT2D eigenvalue weighted by molar-refractivity contribution is -0.160. The summed E-state index contributed by atoms with van der Waals surface area (Å²) in [4.78, 5) is 10.4. The predicted octanol–water partition coefficient (Wildman–Crippen LogP) is 0.603. The van der Waals surface area contributed by atoms with Crippen molar-refractivity contribution < 1.29 is 14.6 Å². The molecule has 0 bridgehead atoms. The molecule has 72 valence electrons. The zero-order valence-corrected chi connectivity index (χ0v) is 7.83. The van der Waals surface area contributed by atoms with Crippen molar-refractivity contribution in [3.05, 3.63) is 0 Å². The van der Waals surface area contributed by atoms with Crippen LogP contribution in [0.1, 0.15) is 27.2 Å². The normalized spacial score (nSPS) is 18.3. The zero-order chi connectivity index (χ0) is 9.78. The summed E-state index contributed by atoms with van der Waals surface area (Å²) in [6, 6.07) is 0. The van der Waals surface area contributed by atoms with Crippen LogP contribution in [0.4, 0.5) is 0 Å². The van der Waals surface area contributed by atoms with Crippen LogP contribution in [0.5, 0.6) is 0 Å². The Kier molecular flexibility index (Phi) is 4.20. The first kappa shape index (κ1) is 11.4. The van der Waals surface area contributed by atoms with Crippen molar-refractivity contribution in [1.82, 2.24) is 0 Å². The molecule has 0 amide bonds. The summed E-state index contributed by atoms with van der Waals surface area (Å²) in [5.41, 5.74) is 4.93. The molecule has 0 radical (unpaired) electrons. The highest BCUT2D eigenvalue weighted by Gasteiger charge is 2.26. The molecule has 4 nitrogen and oxygen atoms in total. The van der Waals surface area contributed by atoms with Crippen molar-refractivity contribution in [2.45, 2.75) is 38.9 Å². The highest BCUT2D eigenvalue weighted by molar-refractivity contribution is 5.71. The Hall–Kier alpha value is -0.610. The fraction of sp³-hybridized carbons (Fsp3) is 0.875. The lowest BCUT2D eigenvalue weighted by atomic mass is 10.0. The maximum atomic E-state index is 10.4. The molecule has 0 saturated carbocycles. The van der Waals surface area contributed by atoms with E-state index >= 15 is 0 Å². The molecule has 0 aliphatic carbocycles. The SMILES string of the molecule is CCC(C)(CN)OC(C)C(=O)O. The summed E-state index contributed by atoms with van der Waals surface area (Å²) in [5.74, 6) is -0.955. The number of ether oxygens (including phenoxy) is 1. The third kappa shape index (κ3) is 3.19. The van der Waals surface area contributed by atoms with Crippen molar-refractivity contribution in [3.63, 3.8) is 0 Å². The second-order valence-corrected chi connectivity index (χ2v) is 3.11. The summed E-state index contributed by atoms with van der Waals surface area (Å²) in [6.07, 6.45) is -0.0836. The molecular formula is C8H17NO3. The largest absolute Gasteiger partial charge is 0.479 e. The van der Waals surface area contributed by atoms with E-state index in [0.29, 0.717) is 13.0 Å². The third-order valence-corrected chi connectivity index (χ3v) is 1.99. The standard InChI is InChI=1S/C8H17NO3/c1-4-8(3,5-9)12-6(2)7(10)11/h6H,4-5,9H2,1-3H3,(H,10,11). The maximum Gasteiger partial charge on any atom is 0.332 e. The monoisotopic (exact) mass is 175 g/mol. The Balaban J connectivity index is 4.11. The van der Waals surface area contributed by atoms with Crippen LogP contribution >= 0.6 is 0 Å². The minimum absolute atomic E-state index is 0.334. The fourth-order valence-electron chi connectivity index (χ4n) is 0.753. The van der Waals surface area contributed by atoms with Crippen LogP contribution in [-0.4, -0.2) is 29.3 Å². The van der Waals surface area contributed by atoms with E-state index in [0.717, 1.165) is 0 Å². The molecule has 0 aromatic carbocycles. The quantitative estimate of drug-likeness (QED) is 0.642. The van der Waals surface area contributed by atoms with E-state index in [1.54, 1.807) is 0 Å². The first-order chi connectivity index (χ1) is 5.45. The summed E-state index contributed by atoms with van der Waals surface area (Å²) in [7, 11) is 0. The minimum atomic E-state index is -0.955. The lowest BCUT2D eigenvalue weighted by Crippen LogP contribution is -2.41. The highest BCUT2D eigenvalue weighted by atomic mass is 16.5. The molecule has 0 spiro atoms. The van der Waals surface area contributed by atoms with Gasteiger partial charge in [-0.15, -0.1) is 0 Å². The van der Waals surface area contributed by atoms with Crippen LogP contribution in [0, 0.1) is 0 Å². The second kappa shape index (κ2) is 4.42. The smallest absolute Gasteiger partial charge is 0.332 e. The van der Waals surface area contributed by atoms with E-state index in [4.69, 9.17) is 15.6 Å². The number of hydrogen-bond acceptors (Lipinski definition) is 3. The summed E-state index contributed by atoms with van der Waals surface area (Å²) in [5, 5.41) is 8.57. The summed E-state index contributed by atoms with van der Waals surface area (Å²) >= 11 is 0. The number of carboxylic acid groups (broad SMARTS) is 1. The number of hydrogen-bond donors (Lipinski definition) is 2. The molecule has 2 atom stereocenters. The van der Waals surface area contributed by atoms with Gasteiger partial charge in [0.15, 0.2) is 6.10 Å². The Morgan fingerprint density at radius 3 is 2.50 bits per heavy atom. The number of carboxylic acids is 1. The van der Waals surface area contributed by atoms with Crippen LogP contribution in [0.15, 0.2) is 0 Å². The van der Waals surface area contributed by atoms with E-state index < -0.39 is 17.7 Å². The van der Waals surface area contributed by atoms with Gasteiger partial charge >= 0.3 is 5.97 Å². The van der Waals surface area contributed by atoms with Crippen molar-refractivity contribution in [2.75, 3.05) is 6.54 Å². The van der Waals surface area contributed by atoms with E-state index in [2.05, 4.69) is 0 Å². The average molecular weight is 175 g/mol. The van der Waals surface area contributed by atoms with Crippen molar-refractivity contribution in [2.24, 2.45) is 5.73 Å². The van der Waals surface area contributed by atoms with Crippen LogP contribution in [0.3, 0.4) is 0 Å². The molecule has 0 fully saturated rings. The molecule has 0 aromatic rings. The molecule has 0 heterocycles. The molecule has 3 N–H and O–H groups in total. The van der Waals surface area contributed by atoms with Crippen molar-refractivity contribution in [1.29, 1.82) is 0 Å². The third-order valence-electron chi connectivity index (χ3n) is 1.99. The van der Waals surface area contributed by atoms with Crippen LogP contribution in [0.25, 0.3) is 0 Å². The topological polar surface area (TPSA) is 72.5 Å². The van der Waals surface area contributed by atoms with Crippen molar-refractivity contribution in [3.8, 4) is 0 Å². The second-order valence-electron chi connectivity index (χ2n) is 3.11. The molecule has 0 rings (SSSR count). The van der Waals surface area contributed by atoms with Gasteiger partial charge in [0.05, 0.1) is 5.60 Å². The minimum Gasteiger partial charge on any atom is -0.479 e. The van der Waals surface area contributed by atoms with Crippen LogP contribution in [0.2, 0.25) is 0 Å². The average Bonchev–Trinajstić information content (AvgIpc) is 2.04. The summed E-state index contributed by atoms with van der Waals surface area (Å²) in [6.45, 7) is 5.57. The van der Waals surface area contributed by atoms with E-state index in [9.17, 15) is 4.79 Å². The van der Waals surface area contributed by atoms with Gasteiger partial charge < -0.3 is 15.6 Å². The Morgan fingerprint density at radius 2 is 2.25 bits per heavy atom. The van der Waals surface area contributed by atoms with Gasteiger partial charge in [0, 0.05) is 6.54 Å². The first-order valence-corrected chi connectivity index (χ1v) is 4.06. The highest BCUT2D eigenvalue weighted by Crippen LogP contribution is 2.15. The molecule has 4 heteroatoms. The lowest BCUT2D eigenvalue weighted by Gasteiger charge is -2.28. The van der Waals surface area contributed by atoms with Crippen LogP contribution in [-0.2, 0) is 9.53 Å². The Bertz CT molecular complexity index is 154. The molecule has 0 aliphatic rings. The maximum absolute atomic E-state index is 10.4. The van der Waals surface area contributed by atoms with E-state index in [-0.39, 0.29) is 0 Å². The first-order valence-electron chi connectivity index (χ1n) is 4.06. The Morgan fingerprint density at radius 1 is 1.75 bits per heavy atom. The molecule has 12 heavy (non-hydrogen) atoms. The number of rotatable bonds is 5. The van der Waals surface area contributed by atoms with Crippen molar-refractivity contribution >= 4 is 5.97 Å². The van der Waals surface area contributed by atoms with Gasteiger partial charge in [-0.2, -0.15) is 0 Å². The molecule has 0 aromatic heterocycles. The van der Waals surface area contributed by atoms with Gasteiger partial charge in [0.2, 0.25) is 0 Å². The number of aliphatic carboxylic acids is 1. The van der Waals surface area contributed by atoms with Gasteiger partial charge in [0.25, 0.3) is 0 Å². The van der Waals surface area contributed by atoms with Crippen LogP contribution < -0.4 is 5.73 Å². The molecular weight excluding hydrogens is 158 g/mol. The Labute approximate surface area is 72.7 Å². The van der Waals surface area contributed by atoms with Gasteiger partial charge in [-0.05, 0) is 20.3 Å². The summed E-state index contributed by atoms with van der Waals surface area (Å²) < 4.78 is 5.27. The molecule has 0 aliphatic heterocycles. The fourth-order valence-corrected chi connectivity index (χ4v) is 0.753. The molecule has 2 unspecified atom stereocenters. The van der Waals surface area contributed by atoms with Gasteiger partial charge in [-0.3, -0.25) is 0 Å². The van der Waals surface area contributed by atoms with Gasteiger partial charge in [0.1, 0.15) is 0 Å². The van der Waals surface area contributed by atoms with E-state index in [1.165, 1.54) is 6.92 Å². The predicted molar refractivity (Wildman–Crippen MR) is 45.9 cm³/mol. The number of carbonyl (C=O) groups is 1. The zero-order valence-electron chi connectivity index (χ0n) is 7.83. The molecule has 0 saturated heterocycles. The van der Waals surface area contributed by atoms with Gasteiger partial charge in [-0.25, -0.2) is 4.79 Å². The van der Waals surface area contributed by atoms with E-state index in [1.807, 2.05) is 13.8 Å². The van der Waals surface area contributed by atoms with Gasteiger partial charge in [-0.1, -0.05) is 6.92 Å².